The lowest BCUT2D eigenvalue weighted by atomic mass is 9.54. The Morgan fingerprint density at radius 2 is 1.85 bits per heavy atom. The van der Waals surface area contributed by atoms with Crippen molar-refractivity contribution in [1.82, 2.24) is 19.6 Å². The molecule has 8 nitrogen and oxygen atoms in total. The summed E-state index contributed by atoms with van der Waals surface area (Å²) in [6, 6.07) is 9.77. The van der Waals surface area contributed by atoms with Gasteiger partial charge < -0.3 is 15.3 Å². The summed E-state index contributed by atoms with van der Waals surface area (Å²) in [5.41, 5.74) is 4.17. The Balaban J connectivity index is 1.07. The van der Waals surface area contributed by atoms with Crippen molar-refractivity contribution in [3.63, 3.8) is 0 Å². The summed E-state index contributed by atoms with van der Waals surface area (Å²) < 4.78 is 27.2. The molecule has 0 atom stereocenters. The van der Waals surface area contributed by atoms with E-state index in [1.807, 2.05) is 55.8 Å². The van der Waals surface area contributed by atoms with Crippen LogP contribution in [-0.2, 0) is 0 Å². The van der Waals surface area contributed by atoms with E-state index in [4.69, 9.17) is 0 Å². The maximum Gasteiger partial charge on any atom is 0.259 e. The zero-order valence-corrected chi connectivity index (χ0v) is 22.1. The van der Waals surface area contributed by atoms with E-state index in [2.05, 4.69) is 25.3 Å². The number of aryl methyl sites for hydroxylation is 1. The number of alkyl halides is 2. The van der Waals surface area contributed by atoms with E-state index in [1.54, 1.807) is 10.7 Å². The largest absolute Gasteiger partial charge is 0.390 e. The number of nitrogens with zero attached hydrogens (tertiary/aromatic N) is 5. The first kappa shape index (κ1) is 25.1. The fourth-order valence-corrected chi connectivity index (χ4v) is 6.45. The maximum atomic E-state index is 13.4. The number of hydrogen-bond acceptors (Lipinski definition) is 6. The number of aliphatic hydroxyl groups is 1. The molecular formula is C30H30F2N6O2. The monoisotopic (exact) mass is 544 g/mol. The van der Waals surface area contributed by atoms with Crippen LogP contribution < -0.4 is 10.2 Å². The molecule has 7 rings (SSSR count). The molecule has 1 spiro atoms. The molecule has 1 aromatic carbocycles. The highest BCUT2D eigenvalue weighted by Gasteiger charge is 2.60. The van der Waals surface area contributed by atoms with Crippen LogP contribution in [0.3, 0.4) is 0 Å². The van der Waals surface area contributed by atoms with Crippen LogP contribution in [0.25, 0.3) is 16.6 Å². The summed E-state index contributed by atoms with van der Waals surface area (Å²) in [5.74, 6) is 1.13. The van der Waals surface area contributed by atoms with Gasteiger partial charge in [-0.2, -0.15) is 5.10 Å². The minimum atomic E-state index is -2.49. The lowest BCUT2D eigenvalue weighted by molar-refractivity contribution is -0.161. The number of anilines is 2. The van der Waals surface area contributed by atoms with Crippen molar-refractivity contribution >= 4 is 22.8 Å². The van der Waals surface area contributed by atoms with Crippen LogP contribution >= 0.6 is 0 Å². The normalized spacial score (nSPS) is 19.1. The van der Waals surface area contributed by atoms with Crippen LogP contribution in [0.2, 0.25) is 0 Å². The Kier molecular flexibility index (Phi) is 5.68. The van der Waals surface area contributed by atoms with Gasteiger partial charge in [-0.15, -0.1) is 0 Å². The Labute approximate surface area is 230 Å². The summed E-state index contributed by atoms with van der Waals surface area (Å²) in [7, 11) is 0. The highest BCUT2D eigenvalue weighted by atomic mass is 19.3. The molecule has 40 heavy (non-hydrogen) atoms. The smallest absolute Gasteiger partial charge is 0.259 e. The van der Waals surface area contributed by atoms with Gasteiger partial charge in [-0.1, -0.05) is 12.1 Å². The molecule has 0 bridgehead atoms. The summed E-state index contributed by atoms with van der Waals surface area (Å²) in [6.45, 7) is 3.34. The molecule has 3 aliphatic rings. The second-order valence-electron chi connectivity index (χ2n) is 11.9. The highest BCUT2D eigenvalue weighted by molar-refractivity contribution is 6.09. The lowest BCUT2D eigenvalue weighted by Gasteiger charge is -2.63. The van der Waals surface area contributed by atoms with Crippen LogP contribution in [0.4, 0.5) is 20.2 Å². The number of carbonyl (C=O) groups is 1. The van der Waals surface area contributed by atoms with Crippen molar-refractivity contribution in [2.75, 3.05) is 23.3 Å². The molecule has 4 heterocycles. The molecule has 10 heteroatoms. The van der Waals surface area contributed by atoms with Crippen LogP contribution in [0.1, 0.15) is 59.8 Å². The molecule has 3 aromatic heterocycles. The van der Waals surface area contributed by atoms with E-state index in [1.165, 1.54) is 0 Å². The molecular weight excluding hydrogens is 514 g/mol. The number of nitrogens with one attached hydrogen (secondary N) is 1. The van der Waals surface area contributed by atoms with Gasteiger partial charge in [0.25, 0.3) is 5.91 Å². The molecule has 4 aromatic rings. The van der Waals surface area contributed by atoms with Gasteiger partial charge in [-0.3, -0.25) is 4.79 Å². The van der Waals surface area contributed by atoms with Crippen molar-refractivity contribution < 1.29 is 18.7 Å². The molecule has 1 amide bonds. The van der Waals surface area contributed by atoms with Gasteiger partial charge in [0, 0.05) is 66.4 Å². The Morgan fingerprint density at radius 1 is 1.10 bits per heavy atom. The average molecular weight is 545 g/mol. The van der Waals surface area contributed by atoms with Crippen molar-refractivity contribution in [3.8, 4) is 11.1 Å². The van der Waals surface area contributed by atoms with E-state index >= 15 is 0 Å². The van der Waals surface area contributed by atoms with Crippen molar-refractivity contribution in [3.05, 3.63) is 72.1 Å². The average Bonchev–Trinajstić information content (AvgIpc) is 3.65. The van der Waals surface area contributed by atoms with Gasteiger partial charge in [0.2, 0.25) is 6.43 Å². The number of aromatic nitrogens is 4. The molecule has 1 saturated heterocycles. The van der Waals surface area contributed by atoms with Gasteiger partial charge in [0.1, 0.15) is 5.82 Å². The van der Waals surface area contributed by atoms with Crippen molar-refractivity contribution in [1.29, 1.82) is 0 Å². The van der Waals surface area contributed by atoms with Crippen LogP contribution in [0.5, 0.6) is 0 Å². The fourth-order valence-electron chi connectivity index (χ4n) is 6.45. The van der Waals surface area contributed by atoms with Crippen LogP contribution in [-0.4, -0.2) is 55.7 Å². The van der Waals surface area contributed by atoms with E-state index in [-0.39, 0.29) is 11.3 Å². The fraction of sp³-hybridized carbons (Fsp3) is 0.400. The number of carbonyl (C=O) groups excluding carboxylic acids is 1. The van der Waals surface area contributed by atoms with Crippen LogP contribution in [0, 0.1) is 12.3 Å². The summed E-state index contributed by atoms with van der Waals surface area (Å²) >= 11 is 0. The van der Waals surface area contributed by atoms with Crippen molar-refractivity contribution in [2.45, 2.75) is 57.0 Å². The van der Waals surface area contributed by atoms with Gasteiger partial charge in [-0.25, -0.2) is 23.3 Å². The van der Waals surface area contributed by atoms with Gasteiger partial charge >= 0.3 is 0 Å². The highest BCUT2D eigenvalue weighted by Crippen LogP contribution is 2.56. The van der Waals surface area contributed by atoms with E-state index in [0.717, 1.165) is 41.0 Å². The number of halogens is 2. The van der Waals surface area contributed by atoms with Gasteiger partial charge in [0.15, 0.2) is 0 Å². The molecule has 0 unspecified atom stereocenters. The molecule has 3 fully saturated rings. The first-order valence-electron chi connectivity index (χ1n) is 13.7. The SMILES string of the molecule is Cc1ccc(-c2cnc(C3CC3)nc2)cc1NC(=O)c1cnn2ccc(N3CC4(C3)CC(O)(CC(F)F)C4)cc12. The number of benzene rings is 1. The summed E-state index contributed by atoms with van der Waals surface area (Å²) in [4.78, 5) is 24.6. The molecule has 206 valence electrons. The number of rotatable bonds is 7. The van der Waals surface area contributed by atoms with E-state index < -0.39 is 18.4 Å². The third-order valence-corrected chi connectivity index (χ3v) is 8.54. The Hall–Kier alpha value is -3.92. The van der Waals surface area contributed by atoms with E-state index in [9.17, 15) is 18.7 Å². The zero-order valence-electron chi connectivity index (χ0n) is 22.1. The molecule has 0 radical (unpaired) electrons. The van der Waals surface area contributed by atoms with Crippen LogP contribution in [0.15, 0.2) is 55.1 Å². The first-order valence-corrected chi connectivity index (χ1v) is 13.7. The third-order valence-electron chi connectivity index (χ3n) is 8.54. The summed E-state index contributed by atoms with van der Waals surface area (Å²) in [6.07, 6.45) is 7.21. The molecule has 2 N–H and O–H groups in total. The quantitative estimate of drug-likeness (QED) is 0.332. The molecule has 2 aliphatic carbocycles. The first-order chi connectivity index (χ1) is 19.2. The lowest BCUT2D eigenvalue weighted by Crippen LogP contribution is -2.68. The topological polar surface area (TPSA) is 95.7 Å². The summed E-state index contributed by atoms with van der Waals surface area (Å²) in [5, 5.41) is 17.8. The standard InChI is InChI=1S/C30H30F2N6O2/c1-18-2-3-20(21-11-33-27(34-12-21)19-4-5-19)8-24(18)36-28(39)23-13-35-38-7-6-22(9-25(23)38)37-16-29(17-37)14-30(40,15-29)10-26(31)32/h2-3,6-9,11-13,19,26,40H,4-5,10,14-17H2,1H3,(H,36,39). The number of fused-ring (bicyclic) bond motifs is 1. The maximum absolute atomic E-state index is 13.4. The zero-order chi connectivity index (χ0) is 27.6. The predicted octanol–water partition coefficient (Wildman–Crippen LogP) is 5.22. The minimum Gasteiger partial charge on any atom is -0.390 e. The Morgan fingerprint density at radius 3 is 2.55 bits per heavy atom. The molecule has 2 saturated carbocycles. The molecule has 1 aliphatic heterocycles. The van der Waals surface area contributed by atoms with Crippen molar-refractivity contribution in [2.24, 2.45) is 5.41 Å². The number of pyridine rings is 1. The van der Waals surface area contributed by atoms with E-state index in [0.29, 0.717) is 48.6 Å². The minimum absolute atomic E-state index is 0.109. The van der Waals surface area contributed by atoms with Gasteiger partial charge in [0.05, 0.1) is 22.9 Å². The number of hydrogen-bond donors (Lipinski definition) is 2. The predicted molar refractivity (Wildman–Crippen MR) is 147 cm³/mol. The Bertz CT molecular complexity index is 1600. The number of amides is 1. The third kappa shape index (κ3) is 4.50. The second kappa shape index (κ2) is 9.05. The van der Waals surface area contributed by atoms with Gasteiger partial charge in [-0.05, 0) is 61.9 Å². The second-order valence-corrected chi connectivity index (χ2v) is 11.9.